The van der Waals surface area contributed by atoms with Gasteiger partial charge in [-0.2, -0.15) is 8.42 Å². The largest absolute Gasteiger partial charge is 0.461 e. The molecule has 0 radical (unpaired) electrons. The Balaban J connectivity index is 1.33. The number of ether oxygens (including phenoxy) is 1. The van der Waals surface area contributed by atoms with Gasteiger partial charge >= 0.3 is 6.09 Å². The van der Waals surface area contributed by atoms with Crippen LogP contribution in [0.5, 0.6) is 0 Å². The summed E-state index contributed by atoms with van der Waals surface area (Å²) in [6, 6.07) is 49.2. The van der Waals surface area contributed by atoms with E-state index in [-0.39, 0.29) is 4.90 Å². The lowest BCUT2D eigenvalue weighted by Gasteiger charge is -2.27. The molecule has 1 amide bonds. The summed E-state index contributed by atoms with van der Waals surface area (Å²) in [4.78, 5) is 13.1. The number of rotatable bonds is 11. The van der Waals surface area contributed by atoms with E-state index in [0.29, 0.717) is 50.3 Å². The number of nitrogens with one attached hydrogen (secondary N) is 1. The minimum Gasteiger partial charge on any atom is -0.456 e. The number of unbranched alkanes of at least 4 members (excludes halogenated alkanes) is 1. The first kappa shape index (κ1) is 39.9. The fourth-order valence-corrected chi connectivity index (χ4v) is 12.6. The first-order valence-corrected chi connectivity index (χ1v) is 22.5. The highest BCUT2D eigenvalue weighted by molar-refractivity contribution is 7.95. The van der Waals surface area contributed by atoms with Crippen molar-refractivity contribution in [3.8, 4) is 22.5 Å². The monoisotopic (exact) mass is 818 g/mol. The first-order valence-electron chi connectivity index (χ1n) is 18.7. The van der Waals surface area contributed by atoms with Crippen molar-refractivity contribution in [1.82, 2.24) is 10.1 Å². The van der Waals surface area contributed by atoms with Crippen LogP contribution in [0.25, 0.3) is 33.4 Å². The maximum Gasteiger partial charge on any atom is 0.461 e. The van der Waals surface area contributed by atoms with E-state index in [0.717, 1.165) is 19.0 Å². The summed E-state index contributed by atoms with van der Waals surface area (Å²) >= 11 is 6.42. The van der Waals surface area contributed by atoms with Crippen molar-refractivity contribution in [2.45, 2.75) is 44.1 Å². The lowest BCUT2D eigenvalue weighted by molar-refractivity contribution is 0.0476. The summed E-state index contributed by atoms with van der Waals surface area (Å²) in [6.07, 6.45) is 1.87. The highest BCUT2D eigenvalue weighted by Gasteiger charge is 2.44. The number of hydrogen-bond acceptors (Lipinski definition) is 5. The molecule has 1 heterocycles. The number of carbonyl (C=O) groups excluding carboxylic acids is 1. The molecule has 5 aromatic carbocycles. The van der Waals surface area contributed by atoms with Gasteiger partial charge in [0.1, 0.15) is 45.0 Å². The molecular weight excluding hydrogens is 775 g/mol. The average molecular weight is 819 g/mol. The van der Waals surface area contributed by atoms with E-state index in [1.807, 2.05) is 39.0 Å². The second kappa shape index (κ2) is 16.7. The topological polar surface area (TPSA) is 109 Å². The standard InChI is InChI=1S/C46H42ClN2O6PS/c1-46(2,3)55-45(50)48-49(29-15-16-30-56(35-17-7-4-8-18-35,36-19-9-5-10-20-36)37-21-11-6-12-22-37)34-26-28-39-42(32-34)54-41-31-33(47)25-27-38(41)44(39)40-23-13-14-24-43(40)57(51,52)53/h4-14,17-28,31-32H,15-16,29-30H2,1-3H3/p+2/b49-34+. The number of hydrogen-bond donors (Lipinski definition) is 2. The first-order chi connectivity index (χ1) is 27.3. The predicted molar refractivity (Wildman–Crippen MR) is 232 cm³/mol. The molecule has 290 valence electrons. The van der Waals surface area contributed by atoms with Crippen molar-refractivity contribution in [1.29, 1.82) is 0 Å². The van der Waals surface area contributed by atoms with Gasteiger partial charge < -0.3 is 9.15 Å². The molecule has 0 saturated heterocycles. The molecule has 8 nitrogen and oxygen atoms in total. The van der Waals surface area contributed by atoms with Crippen molar-refractivity contribution in [3.63, 3.8) is 0 Å². The zero-order chi connectivity index (χ0) is 40.2. The Labute approximate surface area is 338 Å². The van der Waals surface area contributed by atoms with E-state index in [4.69, 9.17) is 20.8 Å². The maximum atomic E-state index is 13.3. The fraction of sp³-hybridized carbons (Fsp3) is 0.174. The smallest absolute Gasteiger partial charge is 0.456 e. The SMILES string of the molecule is CC(C)(C)OC(=O)N/[N+](CCCC[P+](c1ccccc1)(c1ccccc1)c1ccccc1)=c1\ccc2c(-c3ccccc3S(=O)(=O)O)c3ccc(Cl)cc3oc-2c1. The van der Waals surface area contributed by atoms with E-state index >= 15 is 0 Å². The predicted octanol–water partition coefficient (Wildman–Crippen LogP) is 9.09. The Hall–Kier alpha value is -5.31. The molecule has 2 N–H and O–H groups in total. The summed E-state index contributed by atoms with van der Waals surface area (Å²) in [7, 11) is -6.65. The minimum absolute atomic E-state index is 0.230. The van der Waals surface area contributed by atoms with Gasteiger partial charge in [0.2, 0.25) is 5.36 Å². The summed E-state index contributed by atoms with van der Waals surface area (Å²) in [5.41, 5.74) is 4.13. The molecule has 0 fully saturated rings. The lowest BCUT2D eigenvalue weighted by Crippen LogP contribution is -2.47. The third kappa shape index (κ3) is 8.83. The molecule has 0 spiro atoms. The molecule has 1 aliphatic carbocycles. The van der Waals surface area contributed by atoms with Crippen molar-refractivity contribution in [2.24, 2.45) is 0 Å². The van der Waals surface area contributed by atoms with Gasteiger partial charge in [0.05, 0.1) is 12.2 Å². The van der Waals surface area contributed by atoms with Gasteiger partial charge in [0, 0.05) is 45.7 Å². The van der Waals surface area contributed by atoms with Crippen LogP contribution >= 0.6 is 18.9 Å². The van der Waals surface area contributed by atoms with Crippen molar-refractivity contribution in [2.75, 3.05) is 12.7 Å². The summed E-state index contributed by atoms with van der Waals surface area (Å²) in [5, 5.41) is 5.59. The van der Waals surface area contributed by atoms with Gasteiger partial charge in [-0.3, -0.25) is 4.55 Å². The molecule has 5 aromatic rings. The number of carbonyl (C=O) groups is 1. The molecule has 0 atom stereocenters. The Kier molecular flexibility index (Phi) is 11.7. The van der Waals surface area contributed by atoms with Crippen LogP contribution in [0.4, 0.5) is 4.79 Å². The molecule has 1 aliphatic heterocycles. The molecule has 11 heteroatoms. The number of nitrogens with zero attached hydrogens (tertiary/aromatic N) is 1. The van der Waals surface area contributed by atoms with Gasteiger partial charge in [-0.05, 0) is 87.9 Å². The molecule has 57 heavy (non-hydrogen) atoms. The Morgan fingerprint density at radius 1 is 0.754 bits per heavy atom. The second-order valence-electron chi connectivity index (χ2n) is 14.8. The molecule has 7 rings (SSSR count). The van der Waals surface area contributed by atoms with Gasteiger partial charge in [-0.25, -0.2) is 4.79 Å². The van der Waals surface area contributed by atoms with Crippen LogP contribution in [0.2, 0.25) is 5.02 Å². The summed E-state index contributed by atoms with van der Waals surface area (Å²) < 4.78 is 49.3. The average Bonchev–Trinajstić information content (AvgIpc) is 3.19. The van der Waals surface area contributed by atoms with Crippen LogP contribution in [-0.4, -0.2) is 37.4 Å². The molecule has 0 saturated carbocycles. The summed E-state index contributed by atoms with van der Waals surface area (Å²) in [6.45, 7) is 5.89. The van der Waals surface area contributed by atoms with Crippen molar-refractivity contribution in [3.05, 3.63) is 162 Å². The van der Waals surface area contributed by atoms with E-state index < -0.39 is 29.1 Å². The third-order valence-electron chi connectivity index (χ3n) is 9.75. The third-order valence-corrected chi connectivity index (χ3v) is 15.4. The van der Waals surface area contributed by atoms with Crippen LogP contribution in [0.1, 0.15) is 33.6 Å². The van der Waals surface area contributed by atoms with Crippen LogP contribution in [0.15, 0.2) is 161 Å². The van der Waals surface area contributed by atoms with Gasteiger partial charge in [0.15, 0.2) is 6.54 Å². The number of amides is 1. The van der Waals surface area contributed by atoms with Gasteiger partial charge in [-0.1, -0.05) is 89.8 Å². The van der Waals surface area contributed by atoms with E-state index in [1.54, 1.807) is 41.1 Å². The van der Waals surface area contributed by atoms with Gasteiger partial charge in [-0.15, -0.1) is 4.68 Å². The zero-order valence-corrected chi connectivity index (χ0v) is 34.4. The highest BCUT2D eigenvalue weighted by atomic mass is 35.5. The van der Waals surface area contributed by atoms with E-state index in [1.165, 1.54) is 22.0 Å². The van der Waals surface area contributed by atoms with Crippen LogP contribution in [0, 0.1) is 0 Å². The lowest BCUT2D eigenvalue weighted by atomic mass is 9.93. The highest BCUT2D eigenvalue weighted by Crippen LogP contribution is 2.56. The normalized spacial score (nSPS) is 12.7. The van der Waals surface area contributed by atoms with E-state index in [2.05, 4.69) is 96.4 Å². The van der Waals surface area contributed by atoms with Crippen LogP contribution < -0.4 is 31.4 Å². The Bertz CT molecular complexity index is 2590. The molecule has 2 aliphatic rings. The second-order valence-corrected chi connectivity index (χ2v) is 20.2. The zero-order valence-electron chi connectivity index (χ0n) is 31.9. The maximum absolute atomic E-state index is 13.3. The van der Waals surface area contributed by atoms with Crippen molar-refractivity contribution < 1.29 is 26.9 Å². The number of fused-ring (bicyclic) bond motifs is 2. The van der Waals surface area contributed by atoms with Gasteiger partial charge in [0.25, 0.3) is 10.1 Å². The minimum atomic E-state index is -4.58. The Morgan fingerprint density at radius 2 is 1.33 bits per heavy atom. The Morgan fingerprint density at radius 3 is 1.91 bits per heavy atom. The number of benzene rings is 6. The van der Waals surface area contributed by atoms with Crippen molar-refractivity contribution >= 4 is 62.0 Å². The number of halogens is 1. The van der Waals surface area contributed by atoms with E-state index in [9.17, 15) is 17.8 Å². The van der Waals surface area contributed by atoms with Crippen LogP contribution in [0.3, 0.4) is 0 Å². The molecule has 0 unspecified atom stereocenters. The van der Waals surface area contributed by atoms with Crippen LogP contribution in [-0.2, 0) is 14.9 Å². The molecule has 0 aromatic heterocycles. The fourth-order valence-electron chi connectivity index (χ4n) is 7.37. The summed E-state index contributed by atoms with van der Waals surface area (Å²) in [5.74, 6) is 0.417. The number of hydrazine groups is 1. The molecule has 0 bridgehead atoms. The molecular formula is C46H44ClN2O6PS+2. The quantitative estimate of drug-likeness (QED) is 0.0337.